The molecule has 2 rings (SSSR count). The summed E-state index contributed by atoms with van der Waals surface area (Å²) in [6.45, 7) is 11.8. The van der Waals surface area contributed by atoms with Crippen molar-refractivity contribution in [2.24, 2.45) is 4.99 Å². The van der Waals surface area contributed by atoms with Gasteiger partial charge in [0.15, 0.2) is 5.96 Å². The lowest BCUT2D eigenvalue weighted by atomic mass is 10.00. The van der Waals surface area contributed by atoms with Crippen molar-refractivity contribution in [3.05, 3.63) is 35.6 Å². The van der Waals surface area contributed by atoms with Gasteiger partial charge in [0, 0.05) is 38.8 Å². The number of benzene rings is 1. The number of nitrogens with one attached hydrogen (secondary N) is 2. The Bertz CT molecular complexity index is 587. The highest BCUT2D eigenvalue weighted by atomic mass is 127. The summed E-state index contributed by atoms with van der Waals surface area (Å²) in [7, 11) is 1.74. The Balaban J connectivity index is 0.00000338. The van der Waals surface area contributed by atoms with Gasteiger partial charge in [-0.25, -0.2) is 4.39 Å². The summed E-state index contributed by atoms with van der Waals surface area (Å²) in [5.74, 6) is 0.491. The lowest BCUT2D eigenvalue weighted by Gasteiger charge is -2.45. The largest absolute Gasteiger partial charge is 0.373 e. The molecule has 0 aliphatic carbocycles. The number of rotatable bonds is 5. The zero-order valence-electron chi connectivity index (χ0n) is 16.4. The normalized spacial score (nSPS) is 21.8. The molecule has 0 radical (unpaired) electrons. The van der Waals surface area contributed by atoms with Crippen LogP contribution in [0.3, 0.4) is 0 Å². The first-order valence-corrected chi connectivity index (χ1v) is 8.89. The van der Waals surface area contributed by atoms with Gasteiger partial charge in [-0.05, 0) is 45.4 Å². The average molecular weight is 478 g/mol. The maximum atomic E-state index is 13.3. The molecule has 0 aromatic heterocycles. The maximum absolute atomic E-state index is 13.3. The van der Waals surface area contributed by atoms with Crippen LogP contribution in [-0.2, 0) is 11.3 Å². The summed E-state index contributed by atoms with van der Waals surface area (Å²) in [6.07, 6.45) is 0.488. The SMILES string of the molecule is CN=C(NCc1cccc(F)c1)NCC(C)(C)N1CC(C)OC(C)C1.I. The predicted octanol–water partition coefficient (Wildman–Crippen LogP) is 3.00. The first-order valence-electron chi connectivity index (χ1n) is 8.89. The zero-order chi connectivity index (χ0) is 18.4. The molecule has 1 aliphatic heterocycles. The molecule has 1 saturated heterocycles. The van der Waals surface area contributed by atoms with Gasteiger partial charge in [0.1, 0.15) is 5.82 Å². The minimum absolute atomic E-state index is 0. The van der Waals surface area contributed by atoms with Crippen molar-refractivity contribution in [2.45, 2.75) is 52.0 Å². The number of morpholine rings is 1. The first kappa shape index (κ1) is 23.1. The van der Waals surface area contributed by atoms with Gasteiger partial charge >= 0.3 is 0 Å². The second-order valence-corrected chi connectivity index (χ2v) is 7.38. The minimum Gasteiger partial charge on any atom is -0.373 e. The molecular formula is C19H32FIN4O. The third-order valence-corrected chi connectivity index (χ3v) is 4.54. The number of hydrogen-bond donors (Lipinski definition) is 2. The molecule has 148 valence electrons. The van der Waals surface area contributed by atoms with Gasteiger partial charge in [0.05, 0.1) is 12.2 Å². The van der Waals surface area contributed by atoms with Crippen LogP contribution in [0.15, 0.2) is 29.3 Å². The summed E-state index contributed by atoms with van der Waals surface area (Å²) in [5, 5.41) is 6.62. The highest BCUT2D eigenvalue weighted by molar-refractivity contribution is 14.0. The summed E-state index contributed by atoms with van der Waals surface area (Å²) in [5.41, 5.74) is 0.862. The van der Waals surface area contributed by atoms with E-state index in [4.69, 9.17) is 4.74 Å². The number of aliphatic imine (C=N–C) groups is 1. The Labute approximate surface area is 173 Å². The van der Waals surface area contributed by atoms with Crippen LogP contribution in [-0.4, -0.2) is 55.3 Å². The quantitative estimate of drug-likeness (QED) is 0.388. The molecule has 0 bridgehead atoms. The van der Waals surface area contributed by atoms with Gasteiger partial charge in [0.25, 0.3) is 0 Å². The summed E-state index contributed by atoms with van der Waals surface area (Å²) >= 11 is 0. The van der Waals surface area contributed by atoms with E-state index in [-0.39, 0.29) is 47.5 Å². The first-order chi connectivity index (χ1) is 11.8. The van der Waals surface area contributed by atoms with E-state index in [9.17, 15) is 4.39 Å². The molecule has 7 heteroatoms. The molecule has 2 atom stereocenters. The Morgan fingerprint density at radius 2 is 1.92 bits per heavy atom. The van der Waals surface area contributed by atoms with Crippen molar-refractivity contribution in [3.63, 3.8) is 0 Å². The number of halogens is 2. The third-order valence-electron chi connectivity index (χ3n) is 4.54. The molecule has 1 aliphatic rings. The van der Waals surface area contributed by atoms with Crippen LogP contribution in [0.4, 0.5) is 4.39 Å². The van der Waals surface area contributed by atoms with Gasteiger partial charge in [-0.1, -0.05) is 12.1 Å². The standard InChI is InChI=1S/C19H31FN4O.HI/c1-14-11-24(12-15(2)25-14)19(3,4)13-23-18(21-5)22-10-16-7-6-8-17(20)9-16;/h6-9,14-15H,10-13H2,1-5H3,(H2,21,22,23);1H. The Hall–Kier alpha value is -0.930. The highest BCUT2D eigenvalue weighted by Crippen LogP contribution is 2.20. The topological polar surface area (TPSA) is 48.9 Å². The van der Waals surface area contributed by atoms with Crippen molar-refractivity contribution >= 4 is 29.9 Å². The van der Waals surface area contributed by atoms with E-state index in [2.05, 4.69) is 48.2 Å². The van der Waals surface area contributed by atoms with E-state index in [1.807, 2.05) is 6.07 Å². The monoisotopic (exact) mass is 478 g/mol. The summed E-state index contributed by atoms with van der Waals surface area (Å²) < 4.78 is 19.1. The van der Waals surface area contributed by atoms with E-state index in [1.54, 1.807) is 13.1 Å². The van der Waals surface area contributed by atoms with Gasteiger partial charge in [-0.15, -0.1) is 24.0 Å². The molecule has 1 aromatic rings. The van der Waals surface area contributed by atoms with E-state index >= 15 is 0 Å². The van der Waals surface area contributed by atoms with Crippen molar-refractivity contribution < 1.29 is 9.13 Å². The number of ether oxygens (including phenoxy) is 1. The van der Waals surface area contributed by atoms with Gasteiger partial charge in [0.2, 0.25) is 0 Å². The Morgan fingerprint density at radius 3 is 2.50 bits per heavy atom. The molecular weight excluding hydrogens is 446 g/mol. The van der Waals surface area contributed by atoms with E-state index < -0.39 is 0 Å². The van der Waals surface area contributed by atoms with Gasteiger partial charge in [-0.2, -0.15) is 0 Å². The van der Waals surface area contributed by atoms with Crippen molar-refractivity contribution in [3.8, 4) is 0 Å². The van der Waals surface area contributed by atoms with E-state index in [0.29, 0.717) is 12.5 Å². The molecule has 2 unspecified atom stereocenters. The van der Waals surface area contributed by atoms with Crippen LogP contribution in [0.1, 0.15) is 33.3 Å². The molecule has 0 amide bonds. The van der Waals surface area contributed by atoms with Crippen LogP contribution in [0.2, 0.25) is 0 Å². The molecule has 2 N–H and O–H groups in total. The Kier molecular flexibility index (Phi) is 9.26. The van der Waals surface area contributed by atoms with Crippen molar-refractivity contribution in [1.29, 1.82) is 0 Å². The number of guanidine groups is 1. The van der Waals surface area contributed by atoms with Crippen LogP contribution in [0.5, 0.6) is 0 Å². The van der Waals surface area contributed by atoms with Gasteiger partial charge in [-0.3, -0.25) is 9.89 Å². The smallest absolute Gasteiger partial charge is 0.191 e. The molecule has 1 heterocycles. The highest BCUT2D eigenvalue weighted by Gasteiger charge is 2.33. The summed E-state index contributed by atoms with van der Waals surface area (Å²) in [4.78, 5) is 6.72. The molecule has 0 saturated carbocycles. The fourth-order valence-electron chi connectivity index (χ4n) is 3.14. The molecule has 5 nitrogen and oxygen atoms in total. The maximum Gasteiger partial charge on any atom is 0.191 e. The zero-order valence-corrected chi connectivity index (χ0v) is 18.7. The van der Waals surface area contributed by atoms with E-state index in [0.717, 1.165) is 25.2 Å². The van der Waals surface area contributed by atoms with Crippen LogP contribution in [0.25, 0.3) is 0 Å². The van der Waals surface area contributed by atoms with Gasteiger partial charge < -0.3 is 15.4 Å². The van der Waals surface area contributed by atoms with Crippen LogP contribution in [0, 0.1) is 5.82 Å². The van der Waals surface area contributed by atoms with E-state index in [1.165, 1.54) is 12.1 Å². The second kappa shape index (κ2) is 10.4. The summed E-state index contributed by atoms with van der Waals surface area (Å²) in [6, 6.07) is 6.58. The molecule has 1 aromatic carbocycles. The average Bonchev–Trinajstić information content (AvgIpc) is 2.54. The van der Waals surface area contributed by atoms with Crippen LogP contribution >= 0.6 is 24.0 Å². The lowest BCUT2D eigenvalue weighted by Crippen LogP contribution is -2.59. The Morgan fingerprint density at radius 1 is 1.27 bits per heavy atom. The fourth-order valence-corrected chi connectivity index (χ4v) is 3.14. The molecule has 1 fully saturated rings. The fraction of sp³-hybridized carbons (Fsp3) is 0.632. The third kappa shape index (κ3) is 7.00. The minimum atomic E-state index is -0.223. The predicted molar refractivity (Wildman–Crippen MR) is 116 cm³/mol. The van der Waals surface area contributed by atoms with Crippen molar-refractivity contribution in [1.82, 2.24) is 15.5 Å². The molecule has 26 heavy (non-hydrogen) atoms. The lowest BCUT2D eigenvalue weighted by molar-refractivity contribution is -0.0946. The van der Waals surface area contributed by atoms with Crippen LogP contribution < -0.4 is 10.6 Å². The van der Waals surface area contributed by atoms with Crippen molar-refractivity contribution in [2.75, 3.05) is 26.7 Å². The second-order valence-electron chi connectivity index (χ2n) is 7.38. The molecule has 0 spiro atoms. The number of nitrogens with zero attached hydrogens (tertiary/aromatic N) is 2. The number of hydrogen-bond acceptors (Lipinski definition) is 3.